The molecule has 2 unspecified atom stereocenters. The first kappa shape index (κ1) is 17.0. The molecule has 0 aliphatic heterocycles. The fourth-order valence-corrected chi connectivity index (χ4v) is 8.48. The van der Waals surface area contributed by atoms with Crippen LogP contribution in [0.15, 0.2) is 91.0 Å². The second kappa shape index (κ2) is 7.37. The summed E-state index contributed by atoms with van der Waals surface area (Å²) in [7, 11) is -2.34. The van der Waals surface area contributed by atoms with Gasteiger partial charge in [-0.1, -0.05) is 105 Å². The van der Waals surface area contributed by atoms with Gasteiger partial charge in [0.05, 0.1) is 0 Å². The fraction of sp³-hybridized carbons (Fsp3) is 0.182. The summed E-state index contributed by atoms with van der Waals surface area (Å²) in [6.45, 7) is 4.59. The van der Waals surface area contributed by atoms with Crippen molar-refractivity contribution in [3.05, 3.63) is 102 Å². The zero-order chi connectivity index (χ0) is 17.0. The molecule has 0 nitrogen and oxygen atoms in total. The Bertz CT molecular complexity index is 710. The molecule has 0 spiro atoms. The van der Waals surface area contributed by atoms with E-state index in [-0.39, 0.29) is 0 Å². The van der Waals surface area contributed by atoms with Gasteiger partial charge in [-0.05, 0) is 27.4 Å². The van der Waals surface area contributed by atoms with E-state index in [1.54, 1.807) is 0 Å². The molecule has 0 amide bonds. The number of hydrogen-bond acceptors (Lipinski definition) is 0. The van der Waals surface area contributed by atoms with Crippen molar-refractivity contribution in [2.45, 2.75) is 24.9 Å². The minimum absolute atomic E-state index is 0.318. The Labute approximate surface area is 150 Å². The number of rotatable bonds is 5. The van der Waals surface area contributed by atoms with Crippen LogP contribution in [0.4, 0.5) is 0 Å². The van der Waals surface area contributed by atoms with Crippen LogP contribution in [0.25, 0.3) is 0 Å². The lowest BCUT2D eigenvalue weighted by Gasteiger charge is -2.37. The summed E-state index contributed by atoms with van der Waals surface area (Å²) in [6.07, 6.45) is 0. The van der Waals surface area contributed by atoms with E-state index in [4.69, 9.17) is 11.1 Å². The van der Waals surface area contributed by atoms with Crippen molar-refractivity contribution in [1.82, 2.24) is 0 Å². The average molecular weight is 351 g/mol. The van der Waals surface area contributed by atoms with Crippen LogP contribution in [0.3, 0.4) is 0 Å². The van der Waals surface area contributed by atoms with Crippen molar-refractivity contribution >= 4 is 23.6 Å². The minimum Gasteiger partial charge on any atom is -0.160 e. The Hall–Kier alpha value is -1.83. The van der Waals surface area contributed by atoms with E-state index in [0.29, 0.717) is 11.1 Å². The first-order valence-corrected chi connectivity index (χ1v) is 11.6. The lowest BCUT2D eigenvalue weighted by atomic mass is 10.1. The standard InChI is InChI=1S/C22H23ClSi/c1-18(20-12-6-3-7-13-20)24(23,22-16-10-5-11-17-22)19(2)21-14-8-4-9-15-21/h3-19H,1-2H3. The molecule has 0 N–H and O–H groups in total. The predicted molar refractivity (Wildman–Crippen MR) is 107 cm³/mol. The molecule has 3 rings (SSSR count). The van der Waals surface area contributed by atoms with Gasteiger partial charge in [0.2, 0.25) is 7.38 Å². The zero-order valence-electron chi connectivity index (χ0n) is 14.2. The summed E-state index contributed by atoms with van der Waals surface area (Å²) in [5.74, 6) is 0. The van der Waals surface area contributed by atoms with Gasteiger partial charge >= 0.3 is 0 Å². The monoisotopic (exact) mass is 350 g/mol. The van der Waals surface area contributed by atoms with Crippen molar-refractivity contribution in [3.63, 3.8) is 0 Å². The van der Waals surface area contributed by atoms with Crippen LogP contribution in [0.1, 0.15) is 36.1 Å². The SMILES string of the molecule is CC(c1ccccc1)[Si](Cl)(c1ccccc1)C(C)c1ccccc1. The predicted octanol–water partition coefficient (Wildman–Crippen LogP) is 5.76. The smallest absolute Gasteiger partial charge is 0.160 e. The second-order valence-corrected chi connectivity index (χ2v) is 12.1. The highest BCUT2D eigenvalue weighted by molar-refractivity contribution is 7.28. The van der Waals surface area contributed by atoms with Gasteiger partial charge in [-0.3, -0.25) is 0 Å². The van der Waals surface area contributed by atoms with Crippen molar-refractivity contribution in [1.29, 1.82) is 0 Å². The zero-order valence-corrected chi connectivity index (χ0v) is 15.9. The van der Waals surface area contributed by atoms with E-state index in [9.17, 15) is 0 Å². The Balaban J connectivity index is 2.11. The molecule has 2 atom stereocenters. The Morgan fingerprint density at radius 2 is 0.917 bits per heavy atom. The van der Waals surface area contributed by atoms with Gasteiger partial charge in [0.15, 0.2) is 0 Å². The summed E-state index contributed by atoms with van der Waals surface area (Å²) in [4.78, 5) is 0. The molecule has 122 valence electrons. The molecule has 0 saturated heterocycles. The third-order valence-corrected chi connectivity index (χ3v) is 12.1. The summed E-state index contributed by atoms with van der Waals surface area (Å²) in [5, 5.41) is 1.30. The first-order valence-electron chi connectivity index (χ1n) is 8.48. The van der Waals surface area contributed by atoms with E-state index in [0.717, 1.165) is 0 Å². The quantitative estimate of drug-likeness (QED) is 0.405. The van der Waals surface area contributed by atoms with Crippen LogP contribution in [-0.2, 0) is 0 Å². The summed E-state index contributed by atoms with van der Waals surface area (Å²) in [6, 6.07) is 32.1. The van der Waals surface area contributed by atoms with Crippen LogP contribution in [-0.4, -0.2) is 7.38 Å². The van der Waals surface area contributed by atoms with E-state index >= 15 is 0 Å². The molecular weight excluding hydrogens is 328 g/mol. The molecule has 0 aliphatic carbocycles. The van der Waals surface area contributed by atoms with Gasteiger partial charge in [-0.15, -0.1) is 0 Å². The van der Waals surface area contributed by atoms with E-state index in [1.165, 1.54) is 16.3 Å². The molecule has 0 saturated carbocycles. The molecule has 3 aromatic rings. The topological polar surface area (TPSA) is 0 Å². The third-order valence-electron chi connectivity index (χ3n) is 5.08. The summed E-state index contributed by atoms with van der Waals surface area (Å²) < 4.78 is 0. The molecule has 0 fully saturated rings. The van der Waals surface area contributed by atoms with Crippen molar-refractivity contribution in [2.24, 2.45) is 0 Å². The summed E-state index contributed by atoms with van der Waals surface area (Å²) in [5.41, 5.74) is 3.28. The van der Waals surface area contributed by atoms with Crippen molar-refractivity contribution in [3.8, 4) is 0 Å². The van der Waals surface area contributed by atoms with Gasteiger partial charge in [0.25, 0.3) is 0 Å². The van der Waals surface area contributed by atoms with Gasteiger partial charge in [0.1, 0.15) is 0 Å². The molecular formula is C22H23ClSi. The molecule has 2 heteroatoms. The molecule has 3 aromatic carbocycles. The number of hydrogen-bond donors (Lipinski definition) is 0. The average Bonchev–Trinajstić information content (AvgIpc) is 2.68. The minimum atomic E-state index is -2.34. The first-order chi connectivity index (χ1) is 11.6. The van der Waals surface area contributed by atoms with Crippen LogP contribution in [0.5, 0.6) is 0 Å². The number of halogens is 1. The van der Waals surface area contributed by atoms with Gasteiger partial charge in [-0.25, -0.2) is 0 Å². The van der Waals surface area contributed by atoms with Crippen molar-refractivity contribution < 1.29 is 0 Å². The van der Waals surface area contributed by atoms with Crippen LogP contribution < -0.4 is 5.19 Å². The maximum absolute atomic E-state index is 7.57. The lowest BCUT2D eigenvalue weighted by Crippen LogP contribution is -2.52. The van der Waals surface area contributed by atoms with E-state index in [1.807, 2.05) is 0 Å². The second-order valence-electron chi connectivity index (χ2n) is 6.40. The van der Waals surface area contributed by atoms with Crippen LogP contribution in [0.2, 0.25) is 0 Å². The van der Waals surface area contributed by atoms with Gasteiger partial charge in [-0.2, -0.15) is 11.1 Å². The van der Waals surface area contributed by atoms with Crippen molar-refractivity contribution in [2.75, 3.05) is 0 Å². The largest absolute Gasteiger partial charge is 0.200 e. The number of benzene rings is 3. The van der Waals surface area contributed by atoms with E-state index in [2.05, 4.69) is 105 Å². The summed E-state index contributed by atoms with van der Waals surface area (Å²) >= 11 is 7.57. The van der Waals surface area contributed by atoms with Gasteiger partial charge in [0, 0.05) is 0 Å². The molecule has 0 aromatic heterocycles. The third kappa shape index (κ3) is 3.19. The molecule has 0 radical (unpaired) electrons. The normalized spacial score (nSPS) is 16.1. The Morgan fingerprint density at radius 1 is 0.583 bits per heavy atom. The van der Waals surface area contributed by atoms with Gasteiger partial charge < -0.3 is 0 Å². The molecule has 0 aliphatic rings. The van der Waals surface area contributed by atoms with E-state index < -0.39 is 7.38 Å². The maximum atomic E-state index is 7.57. The Morgan fingerprint density at radius 3 is 1.29 bits per heavy atom. The molecule has 24 heavy (non-hydrogen) atoms. The molecule has 0 heterocycles. The van der Waals surface area contributed by atoms with Crippen LogP contribution >= 0.6 is 11.1 Å². The lowest BCUT2D eigenvalue weighted by molar-refractivity contribution is 0.944. The van der Waals surface area contributed by atoms with Crippen LogP contribution in [0, 0.1) is 0 Å². The highest BCUT2D eigenvalue weighted by Crippen LogP contribution is 2.40. The highest BCUT2D eigenvalue weighted by atomic mass is 35.6. The molecule has 0 bridgehead atoms. The fourth-order valence-electron chi connectivity index (χ4n) is 3.54. The highest BCUT2D eigenvalue weighted by Gasteiger charge is 2.45. The Kier molecular flexibility index (Phi) is 5.23. The maximum Gasteiger partial charge on any atom is 0.200 e.